The van der Waals surface area contributed by atoms with Crippen molar-refractivity contribution >= 4 is 43.2 Å². The van der Waals surface area contributed by atoms with Crippen LogP contribution in [0.4, 0.5) is 5.69 Å². The highest BCUT2D eigenvalue weighted by Gasteiger charge is 2.28. The molecular weight excluding hydrogens is 538 g/mol. The Kier molecular flexibility index (Phi) is 9.19. The van der Waals surface area contributed by atoms with Crippen molar-refractivity contribution in [2.45, 2.75) is 16.7 Å². The molecular formula is C25H28ClN3O6S2. The number of rotatable bonds is 11. The number of nitrogens with one attached hydrogen (secondary N) is 1. The van der Waals surface area contributed by atoms with Crippen LogP contribution < -0.4 is 14.4 Å². The van der Waals surface area contributed by atoms with Crippen LogP contribution in [-0.2, 0) is 24.8 Å². The Morgan fingerprint density at radius 1 is 0.892 bits per heavy atom. The van der Waals surface area contributed by atoms with E-state index in [2.05, 4.69) is 5.32 Å². The number of sulfonamides is 2. The van der Waals surface area contributed by atoms with Crippen LogP contribution in [0.3, 0.4) is 0 Å². The Bertz CT molecular complexity index is 1450. The molecule has 0 aromatic heterocycles. The Morgan fingerprint density at radius 2 is 1.51 bits per heavy atom. The summed E-state index contributed by atoms with van der Waals surface area (Å²) in [5.74, 6) is -0.0955. The van der Waals surface area contributed by atoms with E-state index in [4.69, 9.17) is 16.3 Å². The van der Waals surface area contributed by atoms with Gasteiger partial charge in [0.15, 0.2) is 0 Å². The van der Waals surface area contributed by atoms with Crippen LogP contribution >= 0.6 is 11.6 Å². The molecule has 12 heteroatoms. The van der Waals surface area contributed by atoms with Crippen molar-refractivity contribution < 1.29 is 26.4 Å². The lowest BCUT2D eigenvalue weighted by atomic mass is 10.2. The van der Waals surface area contributed by atoms with Crippen molar-refractivity contribution in [1.29, 1.82) is 0 Å². The van der Waals surface area contributed by atoms with Gasteiger partial charge in [-0.2, -0.15) is 0 Å². The second kappa shape index (κ2) is 12.0. The van der Waals surface area contributed by atoms with E-state index >= 15 is 0 Å². The summed E-state index contributed by atoms with van der Waals surface area (Å²) in [6.45, 7) is 1.47. The molecule has 3 rings (SSSR count). The molecule has 0 spiro atoms. The Labute approximate surface area is 222 Å². The lowest BCUT2D eigenvalue weighted by Gasteiger charge is -2.25. The summed E-state index contributed by atoms with van der Waals surface area (Å²) in [7, 11) is -4.68. The number of ether oxygens (including phenoxy) is 1. The number of amides is 1. The first-order chi connectivity index (χ1) is 17.4. The standard InChI is InChI=1S/C25H28ClN3O6S2/c1-19-17-20(26)9-14-24(19)29(37(33,34)22-7-5-4-6-8-22)18-25(30)27-15-16-35-21-10-12-23(13-11-21)36(31,32)28(2)3/h4-14,17H,15-16,18H2,1-3H3,(H,27,30). The lowest BCUT2D eigenvalue weighted by molar-refractivity contribution is -0.119. The zero-order valence-corrected chi connectivity index (χ0v) is 23.0. The summed E-state index contributed by atoms with van der Waals surface area (Å²) in [6.07, 6.45) is 0. The minimum absolute atomic E-state index is 0.0558. The lowest BCUT2D eigenvalue weighted by Crippen LogP contribution is -2.42. The molecule has 0 aliphatic rings. The molecule has 0 atom stereocenters. The molecule has 0 saturated heterocycles. The fraction of sp³-hybridized carbons (Fsp3) is 0.240. The molecule has 9 nitrogen and oxygen atoms in total. The quantitative estimate of drug-likeness (QED) is 0.357. The van der Waals surface area contributed by atoms with E-state index in [9.17, 15) is 21.6 Å². The number of hydrogen-bond donors (Lipinski definition) is 1. The van der Waals surface area contributed by atoms with Gasteiger partial charge in [0.2, 0.25) is 15.9 Å². The highest BCUT2D eigenvalue weighted by molar-refractivity contribution is 7.92. The predicted octanol–water partition coefficient (Wildman–Crippen LogP) is 3.29. The second-order valence-corrected chi connectivity index (χ2v) is 12.7. The maximum Gasteiger partial charge on any atom is 0.264 e. The van der Waals surface area contributed by atoms with Crippen molar-refractivity contribution in [3.05, 3.63) is 83.4 Å². The van der Waals surface area contributed by atoms with E-state index in [0.717, 1.165) is 8.61 Å². The molecule has 3 aromatic rings. The fourth-order valence-corrected chi connectivity index (χ4v) is 6.02. The summed E-state index contributed by atoms with van der Waals surface area (Å²) < 4.78 is 58.8. The molecule has 3 aromatic carbocycles. The summed E-state index contributed by atoms with van der Waals surface area (Å²) >= 11 is 6.05. The number of hydrogen-bond acceptors (Lipinski definition) is 6. The number of nitrogens with zero attached hydrogens (tertiary/aromatic N) is 2. The van der Waals surface area contributed by atoms with Crippen LogP contribution in [-0.4, -0.2) is 60.8 Å². The number of carbonyl (C=O) groups excluding carboxylic acids is 1. The number of halogens is 1. The second-order valence-electron chi connectivity index (χ2n) is 8.21. The molecule has 1 amide bonds. The van der Waals surface area contributed by atoms with E-state index in [0.29, 0.717) is 22.0 Å². The molecule has 0 heterocycles. The summed E-state index contributed by atoms with van der Waals surface area (Å²) in [4.78, 5) is 12.9. The van der Waals surface area contributed by atoms with Crippen LogP contribution in [0.1, 0.15) is 5.56 Å². The van der Waals surface area contributed by atoms with Gasteiger partial charge in [-0.05, 0) is 67.1 Å². The van der Waals surface area contributed by atoms with Gasteiger partial charge in [-0.15, -0.1) is 0 Å². The maximum absolute atomic E-state index is 13.4. The van der Waals surface area contributed by atoms with Crippen LogP contribution in [0.2, 0.25) is 5.02 Å². The van der Waals surface area contributed by atoms with Gasteiger partial charge in [0.25, 0.3) is 10.0 Å². The third-order valence-corrected chi connectivity index (χ3v) is 9.18. The first-order valence-corrected chi connectivity index (χ1v) is 14.4. The van der Waals surface area contributed by atoms with Gasteiger partial charge in [-0.25, -0.2) is 21.1 Å². The highest BCUT2D eigenvalue weighted by Crippen LogP contribution is 2.28. The van der Waals surface area contributed by atoms with E-state index in [1.54, 1.807) is 43.3 Å². The van der Waals surface area contributed by atoms with Gasteiger partial charge in [0.1, 0.15) is 18.9 Å². The number of carbonyl (C=O) groups is 1. The molecule has 0 aliphatic heterocycles. The van der Waals surface area contributed by atoms with Crippen LogP contribution in [0.25, 0.3) is 0 Å². The first-order valence-electron chi connectivity index (χ1n) is 11.2. The molecule has 37 heavy (non-hydrogen) atoms. The van der Waals surface area contributed by atoms with Crippen LogP contribution in [0.15, 0.2) is 82.6 Å². The van der Waals surface area contributed by atoms with Gasteiger partial charge in [-0.3, -0.25) is 9.10 Å². The van der Waals surface area contributed by atoms with Gasteiger partial charge in [-0.1, -0.05) is 29.8 Å². The first kappa shape index (κ1) is 28.5. The van der Waals surface area contributed by atoms with E-state index in [-0.39, 0.29) is 22.9 Å². The highest BCUT2D eigenvalue weighted by atomic mass is 35.5. The predicted molar refractivity (Wildman–Crippen MR) is 143 cm³/mol. The van der Waals surface area contributed by atoms with Crippen LogP contribution in [0.5, 0.6) is 5.75 Å². The molecule has 0 unspecified atom stereocenters. The van der Waals surface area contributed by atoms with Gasteiger partial charge >= 0.3 is 0 Å². The average Bonchev–Trinajstić information content (AvgIpc) is 2.86. The molecule has 198 valence electrons. The van der Waals surface area contributed by atoms with Crippen molar-refractivity contribution in [2.24, 2.45) is 0 Å². The van der Waals surface area contributed by atoms with Crippen molar-refractivity contribution in [3.8, 4) is 5.75 Å². The SMILES string of the molecule is Cc1cc(Cl)ccc1N(CC(=O)NCCOc1ccc(S(=O)(=O)N(C)C)cc1)S(=O)(=O)c1ccccc1. The van der Waals surface area contributed by atoms with E-state index < -0.39 is 32.5 Å². The Hall–Kier alpha value is -3.12. The average molecular weight is 566 g/mol. The van der Waals surface area contributed by atoms with Gasteiger partial charge in [0.05, 0.1) is 22.0 Å². The Balaban J connectivity index is 1.66. The normalized spacial score (nSPS) is 11.8. The minimum Gasteiger partial charge on any atom is -0.492 e. The van der Waals surface area contributed by atoms with Crippen LogP contribution in [0, 0.1) is 6.92 Å². The molecule has 1 N–H and O–H groups in total. The molecule has 0 bridgehead atoms. The topological polar surface area (TPSA) is 113 Å². The maximum atomic E-state index is 13.4. The molecule has 0 fully saturated rings. The third kappa shape index (κ3) is 7.01. The number of benzene rings is 3. The van der Waals surface area contributed by atoms with Gasteiger partial charge in [0, 0.05) is 19.1 Å². The van der Waals surface area contributed by atoms with Crippen molar-refractivity contribution in [3.63, 3.8) is 0 Å². The summed E-state index contributed by atoms with van der Waals surface area (Å²) in [5.41, 5.74) is 0.940. The largest absolute Gasteiger partial charge is 0.492 e. The van der Waals surface area contributed by atoms with Crippen molar-refractivity contribution in [1.82, 2.24) is 9.62 Å². The molecule has 0 aliphatic carbocycles. The zero-order valence-electron chi connectivity index (χ0n) is 20.6. The van der Waals surface area contributed by atoms with E-state index in [1.807, 2.05) is 0 Å². The Morgan fingerprint density at radius 3 is 2.11 bits per heavy atom. The van der Waals surface area contributed by atoms with Crippen molar-refractivity contribution in [2.75, 3.05) is 38.1 Å². The minimum atomic E-state index is -4.03. The fourth-order valence-electron chi connectivity index (χ4n) is 3.38. The summed E-state index contributed by atoms with van der Waals surface area (Å²) in [6, 6.07) is 18.5. The number of aryl methyl sites for hydroxylation is 1. The molecule has 0 radical (unpaired) electrons. The third-order valence-electron chi connectivity index (χ3n) is 5.34. The van der Waals surface area contributed by atoms with Gasteiger partial charge < -0.3 is 10.1 Å². The van der Waals surface area contributed by atoms with E-state index in [1.165, 1.54) is 50.5 Å². The monoisotopic (exact) mass is 565 g/mol. The number of anilines is 1. The smallest absolute Gasteiger partial charge is 0.264 e. The zero-order chi connectivity index (χ0) is 27.2. The molecule has 0 saturated carbocycles. The summed E-state index contributed by atoms with van der Waals surface area (Å²) in [5, 5.41) is 3.11.